The molecule has 134 valence electrons. The quantitative estimate of drug-likeness (QED) is 0.827. The normalized spacial score (nSPS) is 14.8. The second-order valence-electron chi connectivity index (χ2n) is 6.53. The Hall–Kier alpha value is -2.32. The van der Waals surface area contributed by atoms with E-state index in [1.807, 2.05) is 11.8 Å². The Morgan fingerprint density at radius 3 is 2.65 bits per heavy atom. The van der Waals surface area contributed by atoms with Crippen molar-refractivity contribution >= 4 is 17.7 Å². The van der Waals surface area contributed by atoms with Gasteiger partial charge in [0.25, 0.3) is 0 Å². The molecule has 0 saturated heterocycles. The number of rotatable bonds is 4. The van der Waals surface area contributed by atoms with Gasteiger partial charge in [0.1, 0.15) is 5.69 Å². The standard InChI is InChI=1S/C21H22N2O2S/c1-3-21(4-2)11-12-26-19-10-6-15(13-18(19)21)5-7-16-8-9-17(23-22-16)14-20(24)25/h6,8-10,13H,3-4,11-12,14H2,1-2H3,(H,24,25). The third kappa shape index (κ3) is 3.91. The first-order valence-electron chi connectivity index (χ1n) is 8.90. The summed E-state index contributed by atoms with van der Waals surface area (Å²) >= 11 is 1.93. The van der Waals surface area contributed by atoms with Gasteiger partial charge in [0.05, 0.1) is 12.1 Å². The molecular weight excluding hydrogens is 344 g/mol. The minimum Gasteiger partial charge on any atom is -0.481 e. The number of carboxylic acids is 1. The van der Waals surface area contributed by atoms with Crippen LogP contribution in [-0.2, 0) is 16.6 Å². The van der Waals surface area contributed by atoms with Crippen molar-refractivity contribution in [3.05, 3.63) is 52.8 Å². The van der Waals surface area contributed by atoms with Crippen LogP contribution in [-0.4, -0.2) is 27.0 Å². The first-order chi connectivity index (χ1) is 12.6. The van der Waals surface area contributed by atoms with Crippen LogP contribution in [0.2, 0.25) is 0 Å². The molecule has 1 aliphatic heterocycles. The molecular formula is C21H22N2O2S. The highest BCUT2D eigenvalue weighted by Crippen LogP contribution is 2.46. The van der Waals surface area contributed by atoms with Gasteiger partial charge in [-0.05, 0) is 72.2 Å². The smallest absolute Gasteiger partial charge is 0.309 e. The minimum absolute atomic E-state index is 0.126. The number of thioether (sulfide) groups is 1. The van der Waals surface area contributed by atoms with E-state index in [0.717, 1.165) is 18.4 Å². The fourth-order valence-electron chi connectivity index (χ4n) is 3.44. The molecule has 0 bridgehead atoms. The molecule has 1 aliphatic rings. The van der Waals surface area contributed by atoms with Crippen molar-refractivity contribution < 1.29 is 9.90 Å². The average molecular weight is 366 g/mol. The molecule has 2 aromatic rings. The van der Waals surface area contributed by atoms with Crippen LogP contribution in [0.15, 0.2) is 35.2 Å². The molecule has 0 aliphatic carbocycles. The lowest BCUT2D eigenvalue weighted by Crippen LogP contribution is -2.28. The molecule has 26 heavy (non-hydrogen) atoms. The highest BCUT2D eigenvalue weighted by atomic mass is 32.2. The predicted molar refractivity (Wildman–Crippen MR) is 103 cm³/mol. The molecule has 4 nitrogen and oxygen atoms in total. The van der Waals surface area contributed by atoms with Crippen molar-refractivity contribution in [3.63, 3.8) is 0 Å². The van der Waals surface area contributed by atoms with Crippen molar-refractivity contribution in [1.82, 2.24) is 10.2 Å². The lowest BCUT2D eigenvalue weighted by atomic mass is 9.73. The average Bonchev–Trinajstić information content (AvgIpc) is 2.66. The molecule has 0 saturated carbocycles. The monoisotopic (exact) mass is 366 g/mol. The van der Waals surface area contributed by atoms with E-state index in [9.17, 15) is 4.79 Å². The highest BCUT2D eigenvalue weighted by Gasteiger charge is 2.33. The number of carbonyl (C=O) groups is 1. The van der Waals surface area contributed by atoms with Crippen LogP contribution in [0, 0.1) is 11.8 Å². The molecule has 1 aromatic heterocycles. The lowest BCUT2D eigenvalue weighted by molar-refractivity contribution is -0.136. The Labute approximate surface area is 158 Å². The van der Waals surface area contributed by atoms with Crippen LogP contribution in [0.25, 0.3) is 0 Å². The van der Waals surface area contributed by atoms with Crippen molar-refractivity contribution in [2.75, 3.05) is 5.75 Å². The van der Waals surface area contributed by atoms with Gasteiger partial charge in [-0.25, -0.2) is 0 Å². The maximum Gasteiger partial charge on any atom is 0.309 e. The van der Waals surface area contributed by atoms with Crippen LogP contribution in [0.5, 0.6) is 0 Å². The van der Waals surface area contributed by atoms with E-state index in [4.69, 9.17) is 5.11 Å². The van der Waals surface area contributed by atoms with E-state index >= 15 is 0 Å². The summed E-state index contributed by atoms with van der Waals surface area (Å²) in [5.74, 6) is 6.48. The number of hydrogen-bond acceptors (Lipinski definition) is 4. The van der Waals surface area contributed by atoms with Gasteiger partial charge in [-0.15, -0.1) is 16.9 Å². The first-order valence-corrected chi connectivity index (χ1v) is 9.88. The number of fused-ring (bicyclic) bond motifs is 1. The van der Waals surface area contributed by atoms with E-state index in [0.29, 0.717) is 11.4 Å². The molecule has 0 radical (unpaired) electrons. The predicted octanol–water partition coefficient (Wildman–Crippen LogP) is 4.06. The summed E-state index contributed by atoms with van der Waals surface area (Å²) < 4.78 is 0. The van der Waals surface area contributed by atoms with Gasteiger partial charge in [0.15, 0.2) is 0 Å². The summed E-state index contributed by atoms with van der Waals surface area (Å²) in [5.41, 5.74) is 3.65. The number of aromatic nitrogens is 2. The van der Waals surface area contributed by atoms with Crippen LogP contribution < -0.4 is 0 Å². The summed E-state index contributed by atoms with van der Waals surface area (Å²) in [5, 5.41) is 16.7. The number of nitrogens with zero attached hydrogens (tertiary/aromatic N) is 2. The van der Waals surface area contributed by atoms with E-state index in [1.54, 1.807) is 12.1 Å². The Morgan fingerprint density at radius 1 is 1.19 bits per heavy atom. The van der Waals surface area contributed by atoms with Crippen molar-refractivity contribution in [1.29, 1.82) is 0 Å². The summed E-state index contributed by atoms with van der Waals surface area (Å²) in [7, 11) is 0. The fraction of sp³-hybridized carbons (Fsp3) is 0.381. The van der Waals surface area contributed by atoms with Gasteiger partial charge >= 0.3 is 5.97 Å². The maximum atomic E-state index is 10.7. The molecule has 1 aromatic carbocycles. The maximum absolute atomic E-state index is 10.7. The van der Waals surface area contributed by atoms with E-state index in [2.05, 4.69) is 54.1 Å². The number of aliphatic carboxylic acids is 1. The molecule has 0 unspecified atom stereocenters. The summed E-state index contributed by atoms with van der Waals surface area (Å²) in [6.45, 7) is 4.55. The summed E-state index contributed by atoms with van der Waals surface area (Å²) in [6, 6.07) is 9.85. The molecule has 5 heteroatoms. The Morgan fingerprint density at radius 2 is 2.00 bits per heavy atom. The molecule has 3 rings (SSSR count). The second kappa shape index (κ2) is 7.92. The van der Waals surface area contributed by atoms with Gasteiger partial charge in [0.2, 0.25) is 0 Å². The molecule has 0 spiro atoms. The number of hydrogen-bond donors (Lipinski definition) is 1. The van der Waals surface area contributed by atoms with Gasteiger partial charge in [-0.3, -0.25) is 4.79 Å². The van der Waals surface area contributed by atoms with Gasteiger partial charge in [0, 0.05) is 10.5 Å². The fourth-order valence-corrected chi connectivity index (χ4v) is 4.74. The Bertz CT molecular complexity index is 862. The van der Waals surface area contributed by atoms with Gasteiger partial charge in [-0.1, -0.05) is 19.8 Å². The van der Waals surface area contributed by atoms with Crippen molar-refractivity contribution in [2.45, 2.75) is 49.8 Å². The topological polar surface area (TPSA) is 63.1 Å². The van der Waals surface area contributed by atoms with E-state index in [1.165, 1.54) is 22.6 Å². The second-order valence-corrected chi connectivity index (χ2v) is 7.66. The zero-order chi connectivity index (χ0) is 18.6. The molecule has 2 heterocycles. The zero-order valence-electron chi connectivity index (χ0n) is 15.1. The Kier molecular flexibility index (Phi) is 5.63. The summed E-state index contributed by atoms with van der Waals surface area (Å²) in [6.07, 6.45) is 3.37. The SMILES string of the molecule is CCC1(CC)CCSc2ccc(C#Cc3ccc(CC(=O)O)nn3)cc21. The first kappa shape index (κ1) is 18.5. The summed E-state index contributed by atoms with van der Waals surface area (Å²) in [4.78, 5) is 12.1. The lowest BCUT2D eigenvalue weighted by Gasteiger charge is -2.37. The van der Waals surface area contributed by atoms with Crippen molar-refractivity contribution in [2.24, 2.45) is 0 Å². The number of benzene rings is 1. The third-order valence-corrected chi connectivity index (χ3v) is 6.20. The van der Waals surface area contributed by atoms with Gasteiger partial charge in [-0.2, -0.15) is 5.10 Å². The minimum atomic E-state index is -0.916. The van der Waals surface area contributed by atoms with E-state index < -0.39 is 5.97 Å². The molecule has 0 fully saturated rings. The zero-order valence-corrected chi connectivity index (χ0v) is 15.9. The van der Waals surface area contributed by atoms with Crippen LogP contribution in [0.3, 0.4) is 0 Å². The van der Waals surface area contributed by atoms with Crippen LogP contribution >= 0.6 is 11.8 Å². The Balaban J connectivity index is 1.86. The highest BCUT2D eigenvalue weighted by molar-refractivity contribution is 7.99. The largest absolute Gasteiger partial charge is 0.481 e. The van der Waals surface area contributed by atoms with Crippen molar-refractivity contribution in [3.8, 4) is 11.8 Å². The van der Waals surface area contributed by atoms with Crippen LogP contribution in [0.1, 0.15) is 55.6 Å². The molecule has 0 amide bonds. The van der Waals surface area contributed by atoms with E-state index in [-0.39, 0.29) is 11.8 Å². The van der Waals surface area contributed by atoms with Crippen LogP contribution in [0.4, 0.5) is 0 Å². The van der Waals surface area contributed by atoms with Gasteiger partial charge < -0.3 is 5.11 Å². The molecule has 0 atom stereocenters. The number of carboxylic acid groups (broad SMARTS) is 1. The third-order valence-electron chi connectivity index (χ3n) is 5.13. The molecule has 1 N–H and O–H groups in total.